The molecule has 0 bridgehead atoms. The zero-order valence-electron chi connectivity index (χ0n) is 12.4. The van der Waals surface area contributed by atoms with Crippen molar-refractivity contribution in [3.05, 3.63) is 70.0 Å². The average Bonchev–Trinajstić information content (AvgIpc) is 2.46. The van der Waals surface area contributed by atoms with Crippen LogP contribution in [-0.2, 0) is 13.0 Å². The zero-order valence-corrected chi connectivity index (χ0v) is 12.4. The molecule has 0 aliphatic heterocycles. The standard InChI is InChI=1S/C18H19FN2/c1-13-9-15(11-20)3-4-17(13)12-21-8-7-16-5-6-18(19)10-14(16)2/h3-6,9-10,21H,7-8,12H2,1-2H3. The molecule has 0 aliphatic carbocycles. The van der Waals surface area contributed by atoms with Crippen LogP contribution in [0, 0.1) is 31.0 Å². The Labute approximate surface area is 125 Å². The first-order valence-corrected chi connectivity index (χ1v) is 7.05. The van der Waals surface area contributed by atoms with E-state index < -0.39 is 0 Å². The molecule has 0 heterocycles. The van der Waals surface area contributed by atoms with Crippen molar-refractivity contribution in [2.45, 2.75) is 26.8 Å². The summed E-state index contributed by atoms with van der Waals surface area (Å²) < 4.78 is 13.0. The van der Waals surface area contributed by atoms with Gasteiger partial charge < -0.3 is 5.32 Å². The van der Waals surface area contributed by atoms with Crippen LogP contribution in [0.3, 0.4) is 0 Å². The Morgan fingerprint density at radius 2 is 1.76 bits per heavy atom. The molecule has 2 aromatic carbocycles. The van der Waals surface area contributed by atoms with Crippen LogP contribution in [-0.4, -0.2) is 6.54 Å². The van der Waals surface area contributed by atoms with Crippen LogP contribution in [0.15, 0.2) is 36.4 Å². The van der Waals surface area contributed by atoms with Gasteiger partial charge in [-0.2, -0.15) is 5.26 Å². The number of benzene rings is 2. The summed E-state index contributed by atoms with van der Waals surface area (Å²) in [4.78, 5) is 0. The van der Waals surface area contributed by atoms with Crippen molar-refractivity contribution in [3.63, 3.8) is 0 Å². The Kier molecular flexibility index (Phi) is 5.08. The van der Waals surface area contributed by atoms with Gasteiger partial charge >= 0.3 is 0 Å². The van der Waals surface area contributed by atoms with E-state index in [0.717, 1.165) is 30.6 Å². The fourth-order valence-corrected chi connectivity index (χ4v) is 2.35. The van der Waals surface area contributed by atoms with E-state index in [1.807, 2.05) is 38.1 Å². The van der Waals surface area contributed by atoms with Crippen molar-refractivity contribution >= 4 is 0 Å². The second kappa shape index (κ2) is 7.01. The van der Waals surface area contributed by atoms with Gasteiger partial charge in [0.1, 0.15) is 5.82 Å². The van der Waals surface area contributed by atoms with Crippen molar-refractivity contribution < 1.29 is 4.39 Å². The summed E-state index contributed by atoms with van der Waals surface area (Å²) in [6.07, 6.45) is 0.876. The van der Waals surface area contributed by atoms with Crippen molar-refractivity contribution in [1.29, 1.82) is 5.26 Å². The lowest BCUT2D eigenvalue weighted by atomic mass is 10.0. The third-order valence-corrected chi connectivity index (χ3v) is 3.66. The summed E-state index contributed by atoms with van der Waals surface area (Å²) in [5.41, 5.74) is 5.18. The highest BCUT2D eigenvalue weighted by Gasteiger charge is 2.02. The first-order chi connectivity index (χ1) is 10.1. The third kappa shape index (κ3) is 4.14. The number of rotatable bonds is 5. The molecule has 2 rings (SSSR count). The molecule has 0 atom stereocenters. The summed E-state index contributed by atoms with van der Waals surface area (Å²) in [5, 5.41) is 12.2. The molecule has 2 aromatic rings. The lowest BCUT2D eigenvalue weighted by Crippen LogP contribution is -2.17. The molecule has 3 heteroatoms. The molecule has 0 unspecified atom stereocenters. The molecule has 1 N–H and O–H groups in total. The first kappa shape index (κ1) is 15.2. The van der Waals surface area contributed by atoms with E-state index in [1.165, 1.54) is 17.2 Å². The summed E-state index contributed by atoms with van der Waals surface area (Å²) in [6, 6.07) is 12.8. The molecular weight excluding hydrogens is 263 g/mol. The molecule has 108 valence electrons. The summed E-state index contributed by atoms with van der Waals surface area (Å²) >= 11 is 0. The SMILES string of the molecule is Cc1cc(F)ccc1CCNCc1ccc(C#N)cc1C. The maximum atomic E-state index is 13.0. The number of halogens is 1. The van der Waals surface area contributed by atoms with Gasteiger partial charge in [0.25, 0.3) is 0 Å². The van der Waals surface area contributed by atoms with E-state index in [2.05, 4.69) is 11.4 Å². The van der Waals surface area contributed by atoms with Crippen molar-refractivity contribution in [1.82, 2.24) is 5.32 Å². The van der Waals surface area contributed by atoms with Crippen LogP contribution in [0.25, 0.3) is 0 Å². The van der Waals surface area contributed by atoms with Crippen LogP contribution >= 0.6 is 0 Å². The Bertz CT molecular complexity index is 671. The molecule has 21 heavy (non-hydrogen) atoms. The van der Waals surface area contributed by atoms with Gasteiger partial charge in [-0.1, -0.05) is 12.1 Å². The molecule has 0 saturated heterocycles. The van der Waals surface area contributed by atoms with Gasteiger partial charge in [0.2, 0.25) is 0 Å². The van der Waals surface area contributed by atoms with Gasteiger partial charge in [-0.25, -0.2) is 4.39 Å². The van der Waals surface area contributed by atoms with Crippen LogP contribution in [0.4, 0.5) is 4.39 Å². The van der Waals surface area contributed by atoms with Crippen LogP contribution in [0.1, 0.15) is 27.8 Å². The van der Waals surface area contributed by atoms with Gasteiger partial charge in [0.05, 0.1) is 11.6 Å². The number of hydrogen-bond donors (Lipinski definition) is 1. The number of nitrogens with one attached hydrogen (secondary N) is 1. The summed E-state index contributed by atoms with van der Waals surface area (Å²) in [7, 11) is 0. The molecule has 2 nitrogen and oxygen atoms in total. The highest BCUT2D eigenvalue weighted by molar-refractivity contribution is 5.37. The van der Waals surface area contributed by atoms with E-state index in [-0.39, 0.29) is 5.82 Å². The van der Waals surface area contributed by atoms with Crippen molar-refractivity contribution in [2.24, 2.45) is 0 Å². The molecule has 0 spiro atoms. The molecule has 0 saturated carbocycles. The number of nitrogens with zero attached hydrogens (tertiary/aromatic N) is 1. The summed E-state index contributed by atoms with van der Waals surface area (Å²) in [6.45, 7) is 5.56. The lowest BCUT2D eigenvalue weighted by Gasteiger charge is -2.09. The van der Waals surface area contributed by atoms with E-state index in [0.29, 0.717) is 5.56 Å². The Hall–Kier alpha value is -2.18. The highest BCUT2D eigenvalue weighted by atomic mass is 19.1. The maximum absolute atomic E-state index is 13.0. The largest absolute Gasteiger partial charge is 0.312 e. The fourth-order valence-electron chi connectivity index (χ4n) is 2.35. The number of hydrogen-bond acceptors (Lipinski definition) is 2. The molecule has 0 fully saturated rings. The fraction of sp³-hybridized carbons (Fsp3) is 0.278. The van der Waals surface area contributed by atoms with Crippen LogP contribution in [0.2, 0.25) is 0 Å². The van der Waals surface area contributed by atoms with Gasteiger partial charge in [-0.05, 0) is 73.3 Å². The predicted molar refractivity (Wildman–Crippen MR) is 82.4 cm³/mol. The lowest BCUT2D eigenvalue weighted by molar-refractivity contribution is 0.624. The molecule has 0 aromatic heterocycles. The van der Waals surface area contributed by atoms with Crippen LogP contribution in [0.5, 0.6) is 0 Å². The highest BCUT2D eigenvalue weighted by Crippen LogP contribution is 2.12. The van der Waals surface area contributed by atoms with Gasteiger partial charge in [-0.15, -0.1) is 0 Å². The summed E-state index contributed by atoms with van der Waals surface area (Å²) in [5.74, 6) is -0.183. The Balaban J connectivity index is 1.86. The molecular formula is C18H19FN2. The van der Waals surface area contributed by atoms with Gasteiger partial charge in [-0.3, -0.25) is 0 Å². The van der Waals surface area contributed by atoms with Gasteiger partial charge in [0, 0.05) is 6.54 Å². The minimum atomic E-state index is -0.183. The Morgan fingerprint density at radius 3 is 2.43 bits per heavy atom. The number of nitriles is 1. The molecule has 0 radical (unpaired) electrons. The predicted octanol–water partition coefficient (Wildman–Crippen LogP) is 3.65. The van der Waals surface area contributed by atoms with Crippen molar-refractivity contribution in [2.75, 3.05) is 6.54 Å². The van der Waals surface area contributed by atoms with Gasteiger partial charge in [0.15, 0.2) is 0 Å². The molecule has 0 amide bonds. The number of aryl methyl sites for hydroxylation is 2. The molecule has 0 aliphatic rings. The monoisotopic (exact) mass is 282 g/mol. The quantitative estimate of drug-likeness (QED) is 0.850. The third-order valence-electron chi connectivity index (χ3n) is 3.66. The van der Waals surface area contributed by atoms with E-state index >= 15 is 0 Å². The maximum Gasteiger partial charge on any atom is 0.123 e. The average molecular weight is 282 g/mol. The zero-order chi connectivity index (χ0) is 15.2. The minimum absolute atomic E-state index is 0.183. The second-order valence-electron chi connectivity index (χ2n) is 5.25. The van der Waals surface area contributed by atoms with E-state index in [4.69, 9.17) is 5.26 Å². The minimum Gasteiger partial charge on any atom is -0.312 e. The van der Waals surface area contributed by atoms with Crippen LogP contribution < -0.4 is 5.32 Å². The second-order valence-corrected chi connectivity index (χ2v) is 5.25. The smallest absolute Gasteiger partial charge is 0.123 e. The topological polar surface area (TPSA) is 35.8 Å². The Morgan fingerprint density at radius 1 is 1.05 bits per heavy atom. The normalized spacial score (nSPS) is 10.4. The van der Waals surface area contributed by atoms with E-state index in [9.17, 15) is 4.39 Å². The van der Waals surface area contributed by atoms with Crippen molar-refractivity contribution in [3.8, 4) is 6.07 Å². The first-order valence-electron chi connectivity index (χ1n) is 7.05. The van der Waals surface area contributed by atoms with E-state index in [1.54, 1.807) is 6.07 Å².